The van der Waals surface area contributed by atoms with Crippen LogP contribution in [0.25, 0.3) is 21.9 Å². The molecule has 2 aliphatic rings. The van der Waals surface area contributed by atoms with Crippen LogP contribution in [0.4, 0.5) is 5.69 Å². The van der Waals surface area contributed by atoms with E-state index in [9.17, 15) is 9.59 Å². The van der Waals surface area contributed by atoms with Crippen LogP contribution in [0.2, 0.25) is 10.0 Å². The minimum Gasteiger partial charge on any atom is -0.465 e. The third-order valence-electron chi connectivity index (χ3n) is 11.4. The summed E-state index contributed by atoms with van der Waals surface area (Å²) in [5.74, 6) is -0.0725. The number of carbonyl (C=O) groups excluding carboxylic acids is 2. The van der Waals surface area contributed by atoms with E-state index >= 15 is 0 Å². The van der Waals surface area contributed by atoms with Gasteiger partial charge in [0.25, 0.3) is 5.01 Å². The standard InChI is InChI=1S/C53H51Cl2N2O4S2/c1-36(58)29-37-13-15-38(16-14-37)30-39-17-19-40(20-18-39)31-52(59)61-28-8-26-57-47-24-22-45(55)35-49(47)63-51(57)33-43-12-6-11-42(53(43)41-9-4-3-5-10-41)32-50-56(25-7-27-60-2)46-23-21-44(54)34-48(46)62-50/h3-5,9-10,13-24,32-35H,6-8,11-12,25-31H2,1-2H3/q+1. The second-order valence-corrected chi connectivity index (χ2v) is 19.1. The van der Waals surface area contributed by atoms with Crippen molar-refractivity contribution >= 4 is 85.6 Å². The fourth-order valence-electron chi connectivity index (χ4n) is 8.39. The first-order valence-electron chi connectivity index (χ1n) is 21.6. The average Bonchev–Trinajstić information content (AvgIpc) is 3.79. The number of aromatic nitrogens is 1. The number of carbonyl (C=O) groups is 2. The van der Waals surface area contributed by atoms with Crippen molar-refractivity contribution in [1.82, 2.24) is 0 Å². The molecule has 0 amide bonds. The number of fused-ring (bicyclic) bond motifs is 2. The highest BCUT2D eigenvalue weighted by Crippen LogP contribution is 2.49. The van der Waals surface area contributed by atoms with Crippen LogP contribution < -0.4 is 9.47 Å². The Morgan fingerprint density at radius 1 is 0.778 bits per heavy atom. The maximum Gasteiger partial charge on any atom is 0.310 e. The molecule has 1 aromatic heterocycles. The van der Waals surface area contributed by atoms with Gasteiger partial charge < -0.3 is 14.4 Å². The van der Waals surface area contributed by atoms with Crippen molar-refractivity contribution in [1.29, 1.82) is 0 Å². The molecule has 0 bridgehead atoms. The molecule has 322 valence electrons. The van der Waals surface area contributed by atoms with Crippen LogP contribution in [0.3, 0.4) is 0 Å². The minimum atomic E-state index is -0.233. The van der Waals surface area contributed by atoms with Crippen LogP contribution in [-0.2, 0) is 44.9 Å². The lowest BCUT2D eigenvalue weighted by Gasteiger charge is -2.25. The summed E-state index contributed by atoms with van der Waals surface area (Å²) < 4.78 is 14.7. The van der Waals surface area contributed by atoms with Crippen molar-refractivity contribution in [3.05, 3.63) is 180 Å². The van der Waals surface area contributed by atoms with Crippen molar-refractivity contribution < 1.29 is 23.6 Å². The second kappa shape index (κ2) is 21.1. The number of nitrogens with zero attached hydrogens (tertiary/aromatic N) is 2. The number of benzene rings is 5. The summed E-state index contributed by atoms with van der Waals surface area (Å²) >= 11 is 16.6. The first kappa shape index (κ1) is 44.6. The molecule has 63 heavy (non-hydrogen) atoms. The summed E-state index contributed by atoms with van der Waals surface area (Å²) in [5, 5.41) is 3.80. The predicted molar refractivity (Wildman–Crippen MR) is 261 cm³/mol. The molecule has 5 aromatic carbocycles. The van der Waals surface area contributed by atoms with E-state index < -0.39 is 0 Å². The van der Waals surface area contributed by atoms with E-state index in [1.807, 2.05) is 42.5 Å². The van der Waals surface area contributed by atoms with Gasteiger partial charge in [0.2, 0.25) is 5.52 Å². The number of hydrogen-bond donors (Lipinski definition) is 0. The monoisotopic (exact) mass is 913 g/mol. The number of allylic oxidation sites excluding steroid dienone is 4. The van der Waals surface area contributed by atoms with E-state index in [0.717, 1.165) is 75.6 Å². The number of esters is 1. The summed E-state index contributed by atoms with van der Waals surface area (Å²) in [6.07, 6.45) is 10.8. The van der Waals surface area contributed by atoms with Crippen LogP contribution in [0, 0.1) is 0 Å². The number of methoxy groups -OCH3 is 1. The Bertz CT molecular complexity index is 2690. The van der Waals surface area contributed by atoms with Crippen LogP contribution in [0.15, 0.2) is 142 Å². The van der Waals surface area contributed by atoms with Gasteiger partial charge in [-0.1, -0.05) is 125 Å². The molecular formula is C53H51Cl2N2O4S2+. The molecule has 10 heteroatoms. The van der Waals surface area contributed by atoms with Gasteiger partial charge in [-0.05, 0) is 120 Å². The van der Waals surface area contributed by atoms with Gasteiger partial charge in [-0.3, -0.25) is 9.59 Å². The quantitative estimate of drug-likeness (QED) is 0.0516. The molecule has 6 aromatic rings. The van der Waals surface area contributed by atoms with Gasteiger partial charge in [-0.15, -0.1) is 0 Å². The Balaban J connectivity index is 0.991. The first-order chi connectivity index (χ1) is 30.7. The van der Waals surface area contributed by atoms with Crippen molar-refractivity contribution in [3.8, 4) is 0 Å². The Hall–Kier alpha value is -4.96. The Labute approximate surface area is 388 Å². The largest absolute Gasteiger partial charge is 0.465 e. The number of anilines is 1. The lowest BCUT2D eigenvalue weighted by atomic mass is 9.83. The molecule has 8 rings (SSSR count). The van der Waals surface area contributed by atoms with Gasteiger partial charge in [-0.2, -0.15) is 4.57 Å². The Kier molecular flexibility index (Phi) is 15.0. The lowest BCUT2D eigenvalue weighted by molar-refractivity contribution is -0.669. The highest BCUT2D eigenvalue weighted by Gasteiger charge is 2.28. The van der Waals surface area contributed by atoms with Gasteiger partial charge in [0.1, 0.15) is 10.5 Å². The van der Waals surface area contributed by atoms with E-state index in [2.05, 4.69) is 94.4 Å². The number of hydrogen-bond acceptors (Lipinski definition) is 7. The van der Waals surface area contributed by atoms with E-state index in [1.165, 1.54) is 43.5 Å². The summed E-state index contributed by atoms with van der Waals surface area (Å²) in [6, 6.07) is 39.4. The van der Waals surface area contributed by atoms with Crippen LogP contribution >= 0.6 is 46.3 Å². The molecule has 0 fully saturated rings. The van der Waals surface area contributed by atoms with Gasteiger partial charge in [-0.25, -0.2) is 0 Å². The number of halogens is 2. The number of aryl methyl sites for hydroxylation is 1. The zero-order chi connectivity index (χ0) is 43.7. The van der Waals surface area contributed by atoms with Crippen molar-refractivity contribution in [2.45, 2.75) is 69.7 Å². The van der Waals surface area contributed by atoms with Crippen LogP contribution in [-0.4, -0.2) is 38.6 Å². The molecule has 0 atom stereocenters. The normalized spacial score (nSPS) is 15.1. The van der Waals surface area contributed by atoms with Crippen molar-refractivity contribution in [2.75, 3.05) is 31.8 Å². The molecule has 0 radical (unpaired) electrons. The Morgan fingerprint density at radius 2 is 1.48 bits per heavy atom. The fraction of sp³-hybridized carbons (Fsp3) is 0.264. The van der Waals surface area contributed by atoms with E-state index in [4.69, 9.17) is 32.7 Å². The van der Waals surface area contributed by atoms with Gasteiger partial charge >= 0.3 is 5.97 Å². The van der Waals surface area contributed by atoms with Gasteiger partial charge in [0.15, 0.2) is 6.54 Å². The topological polar surface area (TPSA) is 59.7 Å². The molecular weight excluding hydrogens is 864 g/mol. The Morgan fingerprint density at radius 3 is 2.21 bits per heavy atom. The average molecular weight is 915 g/mol. The summed E-state index contributed by atoms with van der Waals surface area (Å²) in [5.41, 5.74) is 11.7. The number of ether oxygens (including phenoxy) is 2. The number of thioether (sulfide) groups is 1. The summed E-state index contributed by atoms with van der Waals surface area (Å²) in [6.45, 7) is 4.17. The molecule has 0 spiro atoms. The fourth-order valence-corrected chi connectivity index (χ4v) is 11.3. The SMILES string of the molecule is COCCCN1C(=CC2=C(c3ccccc3)C(=Cc3sc4cc(Cl)ccc4[n+]3CCCOC(=O)Cc3ccc(Cc4ccc(CC(C)=O)cc4)cc3)CCC2)Sc2cc(Cl)ccc21. The molecule has 6 nitrogen and oxygen atoms in total. The predicted octanol–water partition coefficient (Wildman–Crippen LogP) is 12.9. The zero-order valence-corrected chi connectivity index (χ0v) is 38.9. The molecule has 2 heterocycles. The van der Waals surface area contributed by atoms with E-state index in [0.29, 0.717) is 37.6 Å². The van der Waals surface area contributed by atoms with Crippen LogP contribution in [0.5, 0.6) is 0 Å². The molecule has 0 saturated heterocycles. The summed E-state index contributed by atoms with van der Waals surface area (Å²) in [4.78, 5) is 28.1. The zero-order valence-electron chi connectivity index (χ0n) is 35.7. The highest BCUT2D eigenvalue weighted by atomic mass is 35.5. The first-order valence-corrected chi connectivity index (χ1v) is 24.0. The second-order valence-electron chi connectivity index (χ2n) is 16.1. The van der Waals surface area contributed by atoms with E-state index in [-0.39, 0.29) is 18.2 Å². The van der Waals surface area contributed by atoms with Crippen molar-refractivity contribution in [2.24, 2.45) is 0 Å². The number of rotatable bonds is 17. The number of Topliss-reactive ketones (excluding diaryl/α,β-unsaturated/α-hetero) is 1. The van der Waals surface area contributed by atoms with Crippen molar-refractivity contribution in [3.63, 3.8) is 0 Å². The van der Waals surface area contributed by atoms with Gasteiger partial charge in [0.05, 0.1) is 23.7 Å². The molecule has 0 saturated carbocycles. The third kappa shape index (κ3) is 11.4. The number of ketones is 1. The lowest BCUT2D eigenvalue weighted by Crippen LogP contribution is -2.36. The third-order valence-corrected chi connectivity index (χ3v) is 14.0. The number of thiazole rings is 1. The van der Waals surface area contributed by atoms with Crippen LogP contribution in [0.1, 0.15) is 71.9 Å². The maximum absolute atomic E-state index is 13.0. The minimum absolute atomic E-state index is 0.160. The highest BCUT2D eigenvalue weighted by molar-refractivity contribution is 8.03. The molecule has 0 N–H and O–H groups in total. The molecule has 0 unspecified atom stereocenters. The molecule has 1 aliphatic carbocycles. The van der Waals surface area contributed by atoms with E-state index in [1.54, 1.807) is 37.1 Å². The smallest absolute Gasteiger partial charge is 0.310 e. The summed E-state index contributed by atoms with van der Waals surface area (Å²) in [7, 11) is 1.76. The maximum atomic E-state index is 13.0. The molecule has 1 aliphatic heterocycles. The van der Waals surface area contributed by atoms with Gasteiger partial charge in [0, 0.05) is 60.2 Å².